The van der Waals surface area contributed by atoms with E-state index in [-0.39, 0.29) is 0 Å². The lowest BCUT2D eigenvalue weighted by molar-refractivity contribution is 0.795. The molecule has 0 heterocycles. The first-order chi connectivity index (χ1) is 71.8. The second-order valence-electron chi connectivity index (χ2n) is 37.6. The van der Waals surface area contributed by atoms with E-state index in [4.69, 9.17) is 0 Å². The molecule has 0 aliphatic carbocycles. The molecule has 714 valence electrons. The Hall–Kier alpha value is -16.4. The third-order valence-corrected chi connectivity index (χ3v) is 28.5. The van der Waals surface area contributed by atoms with Crippen molar-refractivity contribution in [3.8, 4) is 44.5 Å². The molecule has 6 nitrogen and oxygen atoms in total. The van der Waals surface area contributed by atoms with Crippen molar-refractivity contribution in [3.63, 3.8) is 0 Å². The average Bonchev–Trinajstić information content (AvgIpc) is 0.775. The van der Waals surface area contributed by atoms with Crippen LogP contribution in [0.5, 0.6) is 0 Å². The molecule has 0 spiro atoms. The molecule has 0 aliphatic rings. The number of hydrogen-bond donors (Lipinski definition) is 0. The van der Waals surface area contributed by atoms with Gasteiger partial charge in [-0.25, -0.2) is 0 Å². The molecule has 146 heavy (non-hydrogen) atoms. The van der Waals surface area contributed by atoms with Crippen molar-refractivity contribution >= 4 is 177 Å². The number of unbranched alkanes of at least 4 members (excludes halogenated alkanes) is 3. The van der Waals surface area contributed by atoms with Crippen molar-refractivity contribution in [2.45, 2.75) is 92.9 Å². The molecule has 0 unspecified atom stereocenters. The fourth-order valence-corrected chi connectivity index (χ4v) is 20.5. The monoisotopic (exact) mass is 2020 g/mol. The molecular weight excluding hydrogens is 1900 g/mol. The summed E-state index contributed by atoms with van der Waals surface area (Å²) in [6.45, 7) is 13.2. The van der Waals surface area contributed by atoms with Crippen LogP contribution in [0.25, 0.3) is 87.6 Å². The van der Waals surface area contributed by atoms with Crippen LogP contribution >= 0.6 is 31.9 Å². The predicted molar refractivity (Wildman–Crippen MR) is 635 cm³/mol. The SMILES string of the molecule is Brc1cccc(N(c2ccc(-c3ccc(N(c4cccc(Br)c4)c4cccc5ccccc45)cc3)cc2)c2cccc3ccccc23)c1.CCCC.CCCCc1ccc(N(c2ccc(C)cc2)c2ccc(-c3ccc(N(c4ccc(CCCC)cc4)c4ccc(-c5cccc(N(c6ccc(-c7ccc(N(c8cccc(C)c8)c8cccc9ccccc89)cc7)cc6)c6cccc7ccccc67)c5)cc4)cc3)cc2)cc1. The number of benzene rings is 22. The summed E-state index contributed by atoms with van der Waals surface area (Å²) in [5, 5.41) is 9.66. The van der Waals surface area contributed by atoms with Crippen molar-refractivity contribution < 1.29 is 0 Å². The fourth-order valence-electron chi connectivity index (χ4n) is 19.7. The van der Waals surface area contributed by atoms with Crippen molar-refractivity contribution in [2.75, 3.05) is 29.4 Å². The number of aryl methyl sites for hydroxylation is 4. The van der Waals surface area contributed by atoms with E-state index in [9.17, 15) is 0 Å². The lowest BCUT2D eigenvalue weighted by Gasteiger charge is -2.28. The summed E-state index contributed by atoms with van der Waals surface area (Å²) in [6, 6.07) is 186. The first kappa shape index (κ1) is 97.1. The summed E-state index contributed by atoms with van der Waals surface area (Å²) in [4.78, 5) is 14.2. The van der Waals surface area contributed by atoms with E-state index in [0.29, 0.717) is 0 Å². The maximum atomic E-state index is 3.70. The molecule has 22 rings (SSSR count). The molecule has 0 N–H and O–H groups in total. The van der Waals surface area contributed by atoms with Gasteiger partial charge in [0, 0.05) is 110 Å². The third kappa shape index (κ3) is 22.1. The minimum absolute atomic E-state index is 1.04. The lowest BCUT2D eigenvalue weighted by atomic mass is 10.0. The zero-order chi connectivity index (χ0) is 99.6. The second-order valence-corrected chi connectivity index (χ2v) is 39.4. The van der Waals surface area contributed by atoms with Crippen LogP contribution in [0.15, 0.2) is 519 Å². The quantitative estimate of drug-likeness (QED) is 0.0462. The van der Waals surface area contributed by atoms with Crippen LogP contribution in [0.4, 0.5) is 102 Å². The normalized spacial score (nSPS) is 11.1. The third-order valence-electron chi connectivity index (χ3n) is 27.6. The number of rotatable bonds is 29. The van der Waals surface area contributed by atoms with E-state index in [1.54, 1.807) is 0 Å². The Kier molecular flexibility index (Phi) is 30.5. The summed E-state index contributed by atoms with van der Waals surface area (Å²) >= 11 is 7.39. The second kappa shape index (κ2) is 45.9. The minimum atomic E-state index is 1.04. The Morgan fingerprint density at radius 1 is 0.164 bits per heavy atom. The molecule has 22 aromatic rings. The smallest absolute Gasteiger partial charge is 0.0540 e. The maximum Gasteiger partial charge on any atom is 0.0540 e. The van der Waals surface area contributed by atoms with E-state index in [1.165, 1.54) is 115 Å². The van der Waals surface area contributed by atoms with Gasteiger partial charge in [-0.15, -0.1) is 0 Å². The van der Waals surface area contributed by atoms with Gasteiger partial charge in [-0.1, -0.05) is 394 Å². The van der Waals surface area contributed by atoms with Crippen molar-refractivity contribution in [3.05, 3.63) is 541 Å². The Morgan fingerprint density at radius 3 is 0.664 bits per heavy atom. The summed E-state index contributed by atoms with van der Waals surface area (Å²) in [5.74, 6) is 0. The molecule has 0 bridgehead atoms. The van der Waals surface area contributed by atoms with Gasteiger partial charge < -0.3 is 29.4 Å². The Labute approximate surface area is 878 Å². The van der Waals surface area contributed by atoms with Crippen LogP contribution < -0.4 is 29.4 Å². The molecule has 0 saturated heterocycles. The van der Waals surface area contributed by atoms with E-state index < -0.39 is 0 Å². The highest BCUT2D eigenvalue weighted by atomic mass is 79.9. The van der Waals surface area contributed by atoms with Crippen LogP contribution in [0.1, 0.15) is 88.5 Å². The van der Waals surface area contributed by atoms with Gasteiger partial charge in [0.05, 0.1) is 22.7 Å². The number of nitrogens with zero attached hydrogens (tertiary/aromatic N) is 6. The van der Waals surface area contributed by atoms with Crippen molar-refractivity contribution in [1.82, 2.24) is 0 Å². The number of halogens is 2. The van der Waals surface area contributed by atoms with Gasteiger partial charge in [0.15, 0.2) is 0 Å². The standard InChI is InChI=1S/C90H78N4.C44H30Br2N2.C4H10/c1-5-7-18-67-33-49-78(50-34-67)91(77-47-31-65(3)32-48-77)80-53-37-69(38-54-80)70-39-55-81(56-40-70)92(79-51-35-68(36-52-79)19-8-6-2)82-57-45-73(46-58-82)76-24-14-26-86(64-76)94(90-30-16-23-75-21-10-12-28-88(75)90)84-61-43-72(44-62-84)71-41-59-83(60-42-71)93(85-25-13-17-66(4)63-85)89-29-15-22-74-20-9-11-27-87(74)89;45-35-13-7-15-39(29-35)47(43-19-5-11-33-9-1-3-17-41(33)43)37-25-21-31(22-26-37)32-23-27-38(28-24-32)48(40-16-8-14-36(46)30-40)44-20-6-12-34-10-2-4-18-42(34)44;1-3-4-2/h9-17,20-64H,5-8,18-19H2,1-4H3;1-30H;3-4H2,1-2H3. The molecule has 22 aromatic carbocycles. The molecule has 8 heteroatoms. The largest absolute Gasteiger partial charge is 0.311 e. The van der Waals surface area contributed by atoms with Crippen LogP contribution in [-0.4, -0.2) is 0 Å². The van der Waals surface area contributed by atoms with Gasteiger partial charge in [-0.05, 0) is 329 Å². The molecule has 0 aliphatic heterocycles. The molecule has 0 atom stereocenters. The first-order valence-corrected chi connectivity index (χ1v) is 52.8. The highest BCUT2D eigenvalue weighted by Gasteiger charge is 2.25. The zero-order valence-electron chi connectivity index (χ0n) is 83.6. The molecule has 0 aromatic heterocycles. The van der Waals surface area contributed by atoms with Gasteiger partial charge in [0.25, 0.3) is 0 Å². The van der Waals surface area contributed by atoms with Crippen LogP contribution in [0, 0.1) is 13.8 Å². The van der Waals surface area contributed by atoms with E-state index >= 15 is 0 Å². The summed E-state index contributed by atoms with van der Waals surface area (Å²) in [5.41, 5.74) is 34.5. The lowest BCUT2D eigenvalue weighted by Crippen LogP contribution is -2.11. The zero-order valence-corrected chi connectivity index (χ0v) is 86.8. The Bertz CT molecular complexity index is 7980. The van der Waals surface area contributed by atoms with E-state index in [0.717, 1.165) is 158 Å². The average molecular weight is 2020 g/mol. The fraction of sp³-hybridized carbons (Fsp3) is 0.101. The molecule has 0 fully saturated rings. The first-order valence-electron chi connectivity index (χ1n) is 51.2. The molecular formula is C138H118Br2N6. The molecule has 0 radical (unpaired) electrons. The van der Waals surface area contributed by atoms with Crippen molar-refractivity contribution in [1.29, 1.82) is 0 Å². The highest BCUT2D eigenvalue weighted by Crippen LogP contribution is 2.49. The minimum Gasteiger partial charge on any atom is -0.311 e. The molecule has 0 amide bonds. The summed E-state index contributed by atoms with van der Waals surface area (Å²) in [7, 11) is 0. The number of hydrogen-bond acceptors (Lipinski definition) is 6. The van der Waals surface area contributed by atoms with Crippen molar-refractivity contribution in [2.24, 2.45) is 0 Å². The maximum absolute atomic E-state index is 3.70. The van der Waals surface area contributed by atoms with Crippen LogP contribution in [-0.2, 0) is 12.8 Å². The van der Waals surface area contributed by atoms with Crippen LogP contribution in [0.3, 0.4) is 0 Å². The highest BCUT2D eigenvalue weighted by molar-refractivity contribution is 9.10. The van der Waals surface area contributed by atoms with Gasteiger partial charge in [0.2, 0.25) is 0 Å². The van der Waals surface area contributed by atoms with Gasteiger partial charge >= 0.3 is 0 Å². The molecule has 0 saturated carbocycles. The van der Waals surface area contributed by atoms with Crippen LogP contribution in [0.2, 0.25) is 0 Å². The number of fused-ring (bicyclic) bond motifs is 4. The summed E-state index contributed by atoms with van der Waals surface area (Å²) in [6.07, 6.45) is 9.56. The van der Waals surface area contributed by atoms with E-state index in [2.05, 4.69) is 612 Å². The Balaban J connectivity index is 0.000000207. The van der Waals surface area contributed by atoms with Gasteiger partial charge in [-0.3, -0.25) is 0 Å². The van der Waals surface area contributed by atoms with Gasteiger partial charge in [0.1, 0.15) is 0 Å². The summed E-state index contributed by atoms with van der Waals surface area (Å²) < 4.78 is 2.09. The number of anilines is 18. The topological polar surface area (TPSA) is 19.4 Å². The predicted octanol–water partition coefficient (Wildman–Crippen LogP) is 42.1. The van der Waals surface area contributed by atoms with Gasteiger partial charge in [-0.2, -0.15) is 0 Å². The van der Waals surface area contributed by atoms with E-state index in [1.807, 2.05) is 0 Å². The Morgan fingerprint density at radius 2 is 0.390 bits per heavy atom.